The Hall–Kier alpha value is -3.99. The van der Waals surface area contributed by atoms with Gasteiger partial charge in [0.1, 0.15) is 0 Å². The van der Waals surface area contributed by atoms with E-state index in [0.717, 1.165) is 17.7 Å². The third-order valence-electron chi connectivity index (χ3n) is 4.70. The number of anilines is 1. The van der Waals surface area contributed by atoms with Gasteiger partial charge in [0.2, 0.25) is 17.5 Å². The SMILES string of the molecule is CC(Sc1nnc(-c2ccco2)n1Cc1ccccc1)C(=O)Nc1ccc(F)c([N+](=O)[O-])c1. The van der Waals surface area contributed by atoms with Gasteiger partial charge in [-0.1, -0.05) is 42.1 Å². The summed E-state index contributed by atoms with van der Waals surface area (Å²) in [5, 5.41) is 21.9. The van der Waals surface area contributed by atoms with E-state index in [0.29, 0.717) is 23.3 Å². The van der Waals surface area contributed by atoms with E-state index in [1.54, 1.807) is 25.3 Å². The van der Waals surface area contributed by atoms with Crippen molar-refractivity contribution in [1.29, 1.82) is 0 Å². The number of nitrogens with one attached hydrogen (secondary N) is 1. The van der Waals surface area contributed by atoms with Gasteiger partial charge in [-0.2, -0.15) is 4.39 Å². The van der Waals surface area contributed by atoms with E-state index in [9.17, 15) is 19.3 Å². The molecule has 0 bridgehead atoms. The molecule has 2 aromatic heterocycles. The van der Waals surface area contributed by atoms with Crippen LogP contribution in [0.25, 0.3) is 11.6 Å². The number of benzene rings is 2. The Labute approximate surface area is 191 Å². The van der Waals surface area contributed by atoms with Crippen molar-refractivity contribution < 1.29 is 18.5 Å². The first-order valence-electron chi connectivity index (χ1n) is 9.85. The number of carbonyl (C=O) groups is 1. The Kier molecular flexibility index (Phi) is 6.50. The number of thioether (sulfide) groups is 1. The summed E-state index contributed by atoms with van der Waals surface area (Å²) in [4.78, 5) is 22.8. The summed E-state index contributed by atoms with van der Waals surface area (Å²) >= 11 is 1.18. The smallest absolute Gasteiger partial charge is 0.306 e. The Morgan fingerprint density at radius 2 is 2.00 bits per heavy atom. The van der Waals surface area contributed by atoms with E-state index in [1.165, 1.54) is 17.8 Å². The molecule has 0 aliphatic heterocycles. The molecule has 0 spiro atoms. The van der Waals surface area contributed by atoms with Crippen molar-refractivity contribution in [2.45, 2.75) is 23.9 Å². The van der Waals surface area contributed by atoms with Gasteiger partial charge in [-0.15, -0.1) is 10.2 Å². The van der Waals surface area contributed by atoms with E-state index >= 15 is 0 Å². The van der Waals surface area contributed by atoms with Crippen molar-refractivity contribution in [3.05, 3.63) is 88.4 Å². The molecule has 2 heterocycles. The van der Waals surface area contributed by atoms with E-state index in [1.807, 2.05) is 34.9 Å². The maximum atomic E-state index is 13.6. The quantitative estimate of drug-likeness (QED) is 0.226. The van der Waals surface area contributed by atoms with Gasteiger partial charge < -0.3 is 9.73 Å². The fourth-order valence-corrected chi connectivity index (χ4v) is 3.91. The molecule has 9 nitrogen and oxygen atoms in total. The van der Waals surface area contributed by atoms with Gasteiger partial charge in [0.15, 0.2) is 10.9 Å². The van der Waals surface area contributed by atoms with Gasteiger partial charge in [-0.3, -0.25) is 19.5 Å². The number of nitrogens with zero attached hydrogens (tertiary/aromatic N) is 4. The van der Waals surface area contributed by atoms with Crippen molar-refractivity contribution in [1.82, 2.24) is 14.8 Å². The lowest BCUT2D eigenvalue weighted by atomic mass is 10.2. The Morgan fingerprint density at radius 3 is 2.70 bits per heavy atom. The second-order valence-corrected chi connectivity index (χ2v) is 8.34. The highest BCUT2D eigenvalue weighted by atomic mass is 32.2. The van der Waals surface area contributed by atoms with E-state index in [4.69, 9.17) is 4.42 Å². The molecule has 0 fully saturated rings. The van der Waals surface area contributed by atoms with Gasteiger partial charge in [0.05, 0.1) is 23.0 Å². The number of halogens is 1. The molecule has 33 heavy (non-hydrogen) atoms. The van der Waals surface area contributed by atoms with Crippen LogP contribution in [0.4, 0.5) is 15.8 Å². The number of rotatable bonds is 8. The van der Waals surface area contributed by atoms with Crippen molar-refractivity contribution in [3.63, 3.8) is 0 Å². The molecule has 1 atom stereocenters. The molecule has 1 amide bonds. The summed E-state index contributed by atoms with van der Waals surface area (Å²) in [5.41, 5.74) is 0.434. The molecule has 1 unspecified atom stereocenters. The van der Waals surface area contributed by atoms with E-state index < -0.39 is 27.6 Å². The molecule has 11 heteroatoms. The summed E-state index contributed by atoms with van der Waals surface area (Å²) in [6.45, 7) is 2.14. The predicted molar refractivity (Wildman–Crippen MR) is 120 cm³/mol. The molecule has 0 aliphatic rings. The largest absolute Gasteiger partial charge is 0.461 e. The number of amides is 1. The van der Waals surface area contributed by atoms with Gasteiger partial charge in [-0.05, 0) is 36.8 Å². The molecule has 0 saturated heterocycles. The van der Waals surface area contributed by atoms with Crippen LogP contribution in [-0.4, -0.2) is 30.8 Å². The molecule has 1 N–H and O–H groups in total. The van der Waals surface area contributed by atoms with Crippen LogP contribution in [-0.2, 0) is 11.3 Å². The third kappa shape index (κ3) is 5.09. The zero-order valence-corrected chi connectivity index (χ0v) is 18.2. The van der Waals surface area contributed by atoms with Crippen molar-refractivity contribution in [2.24, 2.45) is 0 Å². The zero-order valence-electron chi connectivity index (χ0n) is 17.3. The number of hydrogen-bond acceptors (Lipinski definition) is 7. The van der Waals surface area contributed by atoms with Crippen LogP contribution in [0.5, 0.6) is 0 Å². The fraction of sp³-hybridized carbons (Fsp3) is 0.136. The highest BCUT2D eigenvalue weighted by Crippen LogP contribution is 2.29. The number of nitro benzene ring substituents is 1. The summed E-state index contributed by atoms with van der Waals surface area (Å²) in [6, 6.07) is 16.4. The monoisotopic (exact) mass is 467 g/mol. The summed E-state index contributed by atoms with van der Waals surface area (Å²) in [6.07, 6.45) is 1.54. The number of aromatic nitrogens is 3. The average molecular weight is 467 g/mol. The van der Waals surface area contributed by atoms with Crippen LogP contribution in [0.2, 0.25) is 0 Å². The highest BCUT2D eigenvalue weighted by Gasteiger charge is 2.23. The normalized spacial score (nSPS) is 11.8. The molecule has 4 rings (SSSR count). The van der Waals surface area contributed by atoms with Crippen LogP contribution in [0.3, 0.4) is 0 Å². The molecule has 4 aromatic rings. The second kappa shape index (κ2) is 9.65. The molecular weight excluding hydrogens is 449 g/mol. The highest BCUT2D eigenvalue weighted by molar-refractivity contribution is 8.00. The lowest BCUT2D eigenvalue weighted by Crippen LogP contribution is -2.23. The minimum Gasteiger partial charge on any atom is -0.461 e. The zero-order chi connectivity index (χ0) is 23.4. The van der Waals surface area contributed by atoms with E-state index in [2.05, 4.69) is 15.5 Å². The Balaban J connectivity index is 1.55. The van der Waals surface area contributed by atoms with Crippen LogP contribution >= 0.6 is 11.8 Å². The molecule has 2 aromatic carbocycles. The number of carbonyl (C=O) groups excluding carboxylic acids is 1. The Morgan fingerprint density at radius 1 is 1.21 bits per heavy atom. The maximum Gasteiger partial charge on any atom is 0.306 e. The summed E-state index contributed by atoms with van der Waals surface area (Å²) in [5.74, 6) is -0.330. The fourth-order valence-electron chi connectivity index (χ4n) is 3.06. The first kappa shape index (κ1) is 22.2. The topological polar surface area (TPSA) is 116 Å². The van der Waals surface area contributed by atoms with Crippen LogP contribution < -0.4 is 5.32 Å². The Bertz CT molecular complexity index is 1280. The molecule has 0 saturated carbocycles. The van der Waals surface area contributed by atoms with E-state index in [-0.39, 0.29) is 5.69 Å². The molecule has 168 valence electrons. The van der Waals surface area contributed by atoms with Crippen molar-refractivity contribution >= 4 is 29.0 Å². The average Bonchev–Trinajstić information content (AvgIpc) is 3.46. The first-order valence-corrected chi connectivity index (χ1v) is 10.7. The standard InChI is InChI=1S/C22H18FN5O4S/c1-14(21(29)24-16-9-10-17(23)18(12-16)28(30)31)33-22-26-25-20(19-8-5-11-32-19)27(22)13-15-6-3-2-4-7-15/h2-12,14H,13H2,1H3,(H,24,29). The van der Waals surface area contributed by atoms with Gasteiger partial charge >= 0.3 is 5.69 Å². The lowest BCUT2D eigenvalue weighted by molar-refractivity contribution is -0.387. The number of nitro groups is 1. The second-order valence-electron chi connectivity index (χ2n) is 7.03. The maximum absolute atomic E-state index is 13.6. The molecular formula is C22H18FN5O4S. The van der Waals surface area contributed by atoms with Crippen LogP contribution in [0.1, 0.15) is 12.5 Å². The number of hydrogen-bond donors (Lipinski definition) is 1. The minimum absolute atomic E-state index is 0.127. The summed E-state index contributed by atoms with van der Waals surface area (Å²) in [7, 11) is 0. The minimum atomic E-state index is -0.972. The van der Waals surface area contributed by atoms with Gasteiger partial charge in [0.25, 0.3) is 0 Å². The molecule has 0 radical (unpaired) electrons. The lowest BCUT2D eigenvalue weighted by Gasteiger charge is -2.13. The predicted octanol–water partition coefficient (Wildman–Crippen LogP) is 4.75. The van der Waals surface area contributed by atoms with Gasteiger partial charge in [-0.25, -0.2) is 0 Å². The van der Waals surface area contributed by atoms with Crippen molar-refractivity contribution in [2.75, 3.05) is 5.32 Å². The van der Waals surface area contributed by atoms with Gasteiger partial charge in [0, 0.05) is 11.8 Å². The molecule has 0 aliphatic carbocycles. The van der Waals surface area contributed by atoms with Crippen molar-refractivity contribution in [3.8, 4) is 11.6 Å². The third-order valence-corrected chi connectivity index (χ3v) is 5.78. The van der Waals surface area contributed by atoms with Crippen LogP contribution in [0.15, 0.2) is 76.5 Å². The van der Waals surface area contributed by atoms with Crippen LogP contribution in [0, 0.1) is 15.9 Å². The summed E-state index contributed by atoms with van der Waals surface area (Å²) < 4.78 is 20.9. The first-order chi connectivity index (χ1) is 15.9. The number of furan rings is 1.